The molecule has 1 aliphatic carbocycles. The summed E-state index contributed by atoms with van der Waals surface area (Å²) in [6.07, 6.45) is 17.9. The Labute approximate surface area is 174 Å². The number of fused-ring (bicyclic) bond motifs is 2. The van der Waals surface area contributed by atoms with E-state index in [1.165, 1.54) is 68.3 Å². The average molecular weight is 392 g/mol. The van der Waals surface area contributed by atoms with Crippen molar-refractivity contribution in [2.75, 3.05) is 7.11 Å². The standard InChI is InChI=1S/C25H33N3O/c1-18-11-8-6-4-3-5-7-9-12-19-15-20(18)22(27-19)16-24-25(29-2)17-23(28-24)21-13-10-14-26-21/h10,13-18,26-27H,3-9,11-12H2,1-2H3. The van der Waals surface area contributed by atoms with Crippen LogP contribution in [0.5, 0.6) is 0 Å². The summed E-state index contributed by atoms with van der Waals surface area (Å²) in [5.74, 6) is 1.37. The number of nitrogens with zero attached hydrogens (tertiary/aromatic N) is 1. The number of aromatic nitrogens is 2. The van der Waals surface area contributed by atoms with E-state index in [4.69, 9.17) is 9.73 Å². The van der Waals surface area contributed by atoms with Gasteiger partial charge in [0.25, 0.3) is 0 Å². The molecule has 1 aliphatic heterocycles. The number of ether oxygens (including phenoxy) is 1. The van der Waals surface area contributed by atoms with Gasteiger partial charge in [0.2, 0.25) is 0 Å². The first-order valence-electron chi connectivity index (χ1n) is 11.2. The molecule has 4 heteroatoms. The maximum absolute atomic E-state index is 5.63. The van der Waals surface area contributed by atoms with Gasteiger partial charge in [-0.25, -0.2) is 4.99 Å². The van der Waals surface area contributed by atoms with Crippen LogP contribution in [-0.4, -0.2) is 22.8 Å². The first-order valence-corrected chi connectivity index (χ1v) is 11.2. The maximum atomic E-state index is 5.63. The molecule has 3 heterocycles. The van der Waals surface area contributed by atoms with Crippen molar-refractivity contribution >= 4 is 11.8 Å². The number of methoxy groups -OCH3 is 1. The van der Waals surface area contributed by atoms with Gasteiger partial charge in [0, 0.05) is 23.7 Å². The molecule has 2 aromatic rings. The van der Waals surface area contributed by atoms with E-state index in [1.807, 2.05) is 24.4 Å². The largest absolute Gasteiger partial charge is 0.494 e. The fraction of sp³-hybridized carbons (Fsp3) is 0.480. The molecular formula is C25H33N3O. The van der Waals surface area contributed by atoms with Gasteiger partial charge < -0.3 is 14.7 Å². The summed E-state index contributed by atoms with van der Waals surface area (Å²) >= 11 is 0. The van der Waals surface area contributed by atoms with Gasteiger partial charge in [-0.05, 0) is 55.0 Å². The van der Waals surface area contributed by atoms with E-state index < -0.39 is 0 Å². The Morgan fingerprint density at radius 2 is 1.90 bits per heavy atom. The molecule has 4 rings (SSSR count). The molecule has 154 valence electrons. The molecule has 0 spiro atoms. The van der Waals surface area contributed by atoms with Gasteiger partial charge in [-0.2, -0.15) is 0 Å². The Balaban J connectivity index is 1.65. The van der Waals surface area contributed by atoms with E-state index in [0.29, 0.717) is 5.92 Å². The Morgan fingerprint density at radius 1 is 1.10 bits per heavy atom. The van der Waals surface area contributed by atoms with Crippen molar-refractivity contribution in [3.8, 4) is 0 Å². The highest BCUT2D eigenvalue weighted by atomic mass is 16.5. The summed E-state index contributed by atoms with van der Waals surface area (Å²) < 4.78 is 5.63. The predicted octanol–water partition coefficient (Wildman–Crippen LogP) is 6.50. The van der Waals surface area contributed by atoms with E-state index in [0.717, 1.165) is 29.3 Å². The number of hydrogen-bond acceptors (Lipinski definition) is 2. The summed E-state index contributed by atoms with van der Waals surface area (Å²) in [7, 11) is 1.72. The highest BCUT2D eigenvalue weighted by molar-refractivity contribution is 6.11. The van der Waals surface area contributed by atoms with Crippen molar-refractivity contribution in [2.24, 2.45) is 4.99 Å². The molecule has 0 saturated heterocycles. The highest BCUT2D eigenvalue weighted by Gasteiger charge is 2.20. The van der Waals surface area contributed by atoms with E-state index in [9.17, 15) is 0 Å². The van der Waals surface area contributed by atoms with E-state index in [1.54, 1.807) is 7.11 Å². The Kier molecular flexibility index (Phi) is 6.38. The van der Waals surface area contributed by atoms with Gasteiger partial charge in [-0.1, -0.05) is 45.4 Å². The van der Waals surface area contributed by atoms with Crippen LogP contribution in [0.3, 0.4) is 0 Å². The van der Waals surface area contributed by atoms with Crippen molar-refractivity contribution in [3.05, 3.63) is 64.6 Å². The lowest BCUT2D eigenvalue weighted by Gasteiger charge is -2.12. The van der Waals surface area contributed by atoms with Crippen LogP contribution in [0.25, 0.3) is 6.08 Å². The van der Waals surface area contributed by atoms with Crippen LogP contribution >= 0.6 is 0 Å². The monoisotopic (exact) mass is 391 g/mol. The van der Waals surface area contributed by atoms with Gasteiger partial charge >= 0.3 is 0 Å². The number of aliphatic imine (C=N–C) groups is 1. The lowest BCUT2D eigenvalue weighted by atomic mass is 9.94. The second-order valence-electron chi connectivity index (χ2n) is 8.40. The summed E-state index contributed by atoms with van der Waals surface area (Å²) in [6.45, 7) is 2.37. The number of aromatic amines is 2. The molecular weight excluding hydrogens is 358 g/mol. The third-order valence-electron chi connectivity index (χ3n) is 6.19. The van der Waals surface area contributed by atoms with Gasteiger partial charge in [0.1, 0.15) is 11.5 Å². The molecule has 29 heavy (non-hydrogen) atoms. The number of allylic oxidation sites excluding steroid dienone is 1. The molecule has 2 aliphatic rings. The van der Waals surface area contributed by atoms with E-state index >= 15 is 0 Å². The Morgan fingerprint density at radius 3 is 2.66 bits per heavy atom. The van der Waals surface area contributed by atoms with Gasteiger partial charge in [-0.3, -0.25) is 0 Å². The van der Waals surface area contributed by atoms with Crippen LogP contribution in [0.2, 0.25) is 0 Å². The molecule has 0 fully saturated rings. The zero-order valence-electron chi connectivity index (χ0n) is 17.8. The van der Waals surface area contributed by atoms with Crippen molar-refractivity contribution in [1.29, 1.82) is 0 Å². The second kappa shape index (κ2) is 9.34. The predicted molar refractivity (Wildman–Crippen MR) is 120 cm³/mol. The lowest BCUT2D eigenvalue weighted by molar-refractivity contribution is 0.303. The minimum absolute atomic E-state index is 0.552. The molecule has 2 bridgehead atoms. The number of nitrogens with one attached hydrogen (secondary N) is 2. The molecule has 1 unspecified atom stereocenters. The van der Waals surface area contributed by atoms with Gasteiger partial charge in [0.15, 0.2) is 0 Å². The van der Waals surface area contributed by atoms with Crippen molar-refractivity contribution in [2.45, 2.75) is 70.6 Å². The van der Waals surface area contributed by atoms with Gasteiger partial charge in [0.05, 0.1) is 18.5 Å². The van der Waals surface area contributed by atoms with Crippen LogP contribution in [0, 0.1) is 0 Å². The molecule has 0 amide bonds. The Hall–Kier alpha value is -2.49. The quantitative estimate of drug-likeness (QED) is 0.616. The normalized spacial score (nSPS) is 22.4. The van der Waals surface area contributed by atoms with Crippen molar-refractivity contribution in [1.82, 2.24) is 9.97 Å². The molecule has 2 aromatic heterocycles. The number of hydrogen-bond donors (Lipinski definition) is 2. The van der Waals surface area contributed by atoms with Crippen molar-refractivity contribution in [3.63, 3.8) is 0 Å². The molecule has 0 radical (unpaired) electrons. The molecule has 0 saturated carbocycles. The third kappa shape index (κ3) is 4.75. The maximum Gasteiger partial charge on any atom is 0.146 e. The van der Waals surface area contributed by atoms with Crippen LogP contribution < -0.4 is 0 Å². The van der Waals surface area contributed by atoms with Crippen LogP contribution in [0.1, 0.15) is 86.9 Å². The third-order valence-corrected chi connectivity index (χ3v) is 6.19. The molecule has 2 N–H and O–H groups in total. The highest BCUT2D eigenvalue weighted by Crippen LogP contribution is 2.31. The van der Waals surface area contributed by atoms with Crippen LogP contribution in [-0.2, 0) is 11.2 Å². The van der Waals surface area contributed by atoms with E-state index in [-0.39, 0.29) is 0 Å². The van der Waals surface area contributed by atoms with Crippen molar-refractivity contribution < 1.29 is 4.74 Å². The summed E-state index contributed by atoms with van der Waals surface area (Å²) in [6, 6.07) is 6.43. The second-order valence-corrected chi connectivity index (χ2v) is 8.40. The first-order chi connectivity index (χ1) is 14.2. The number of aryl methyl sites for hydroxylation is 1. The topological polar surface area (TPSA) is 53.2 Å². The lowest BCUT2D eigenvalue weighted by Crippen LogP contribution is -1.96. The zero-order valence-corrected chi connectivity index (χ0v) is 17.8. The fourth-order valence-electron chi connectivity index (χ4n) is 4.46. The van der Waals surface area contributed by atoms with Gasteiger partial charge in [-0.15, -0.1) is 0 Å². The number of H-pyrrole nitrogens is 2. The summed E-state index contributed by atoms with van der Waals surface area (Å²) in [4.78, 5) is 11.8. The first kappa shape index (κ1) is 19.8. The minimum Gasteiger partial charge on any atom is -0.494 e. The summed E-state index contributed by atoms with van der Waals surface area (Å²) in [5.41, 5.74) is 6.79. The fourth-order valence-corrected chi connectivity index (χ4v) is 4.46. The SMILES string of the molecule is COC1=CC(c2ccc[nH]2)=NC1=Cc1[nH]c2cc1C(C)CCCCCCCCC2. The van der Waals surface area contributed by atoms with Crippen LogP contribution in [0.15, 0.2) is 46.9 Å². The molecule has 1 atom stereocenters. The average Bonchev–Trinajstić information content (AvgIpc) is 3.46. The van der Waals surface area contributed by atoms with E-state index in [2.05, 4.69) is 29.0 Å². The molecule has 0 aromatic carbocycles. The number of rotatable bonds is 3. The zero-order chi connectivity index (χ0) is 20.1. The summed E-state index contributed by atoms with van der Waals surface area (Å²) in [5, 5.41) is 0. The smallest absolute Gasteiger partial charge is 0.146 e. The Bertz CT molecular complexity index is 899. The minimum atomic E-state index is 0.552. The van der Waals surface area contributed by atoms with Crippen LogP contribution in [0.4, 0.5) is 0 Å². The molecule has 4 nitrogen and oxygen atoms in total.